The van der Waals surface area contributed by atoms with Gasteiger partial charge in [-0.15, -0.1) is 0 Å². The van der Waals surface area contributed by atoms with E-state index in [0.717, 1.165) is 80.9 Å². The predicted octanol–water partition coefficient (Wildman–Crippen LogP) is 4.52. The second kappa shape index (κ2) is 11.0. The molecule has 1 aliphatic heterocycles. The van der Waals surface area contributed by atoms with Gasteiger partial charge in [0.2, 0.25) is 11.8 Å². The highest BCUT2D eigenvalue weighted by Gasteiger charge is 2.44. The van der Waals surface area contributed by atoms with Gasteiger partial charge in [-0.25, -0.2) is 0 Å². The second-order valence-electron chi connectivity index (χ2n) is 9.47. The normalized spacial score (nSPS) is 17.8. The molecule has 1 saturated carbocycles. The van der Waals surface area contributed by atoms with Gasteiger partial charge in [0.15, 0.2) is 0 Å². The summed E-state index contributed by atoms with van der Waals surface area (Å²) in [6.45, 7) is 7.85. The molecule has 0 unspecified atom stereocenters. The van der Waals surface area contributed by atoms with E-state index in [2.05, 4.69) is 29.3 Å². The van der Waals surface area contributed by atoms with Crippen LogP contribution in [0.3, 0.4) is 0 Å². The topological polar surface area (TPSA) is 61.9 Å². The Balaban J connectivity index is 1.44. The number of amides is 2. The van der Waals surface area contributed by atoms with Crippen LogP contribution in [0.15, 0.2) is 48.5 Å². The molecule has 2 fully saturated rings. The van der Waals surface area contributed by atoms with Gasteiger partial charge in [-0.05, 0) is 62.1 Å². The Hall–Kier alpha value is -2.86. The Morgan fingerprint density at radius 1 is 1.00 bits per heavy atom. The van der Waals surface area contributed by atoms with Crippen LogP contribution in [0.4, 0.5) is 11.4 Å². The van der Waals surface area contributed by atoms with Crippen molar-refractivity contribution >= 4 is 23.2 Å². The molecular formula is C28H37N3O3. The number of hydrogen-bond acceptors (Lipinski definition) is 4. The lowest BCUT2D eigenvalue weighted by Crippen LogP contribution is -2.50. The maximum absolute atomic E-state index is 13.9. The average molecular weight is 464 g/mol. The smallest absolute Gasteiger partial charge is 0.243 e. The Bertz CT molecular complexity index is 977. The Morgan fingerprint density at radius 2 is 1.68 bits per heavy atom. The van der Waals surface area contributed by atoms with Gasteiger partial charge in [0.25, 0.3) is 0 Å². The highest BCUT2D eigenvalue weighted by atomic mass is 16.5. The minimum absolute atomic E-state index is 0.0637. The summed E-state index contributed by atoms with van der Waals surface area (Å²) < 4.78 is 5.42. The van der Waals surface area contributed by atoms with Crippen LogP contribution in [0.5, 0.6) is 0 Å². The van der Waals surface area contributed by atoms with Crippen molar-refractivity contribution in [2.24, 2.45) is 0 Å². The standard InChI is InChI=1S/C28H37N3O3/c1-3-30(27(33)28(15-7-4-8-16-28)25-10-6-5-9-22(25)2)21-26(32)29-23-11-13-24(14-12-23)31-17-19-34-20-18-31/h5-6,9-14H,3-4,7-8,15-21H2,1-2H3,(H,29,32). The fourth-order valence-electron chi connectivity index (χ4n) is 5.44. The largest absolute Gasteiger partial charge is 0.378 e. The fraction of sp³-hybridized carbons (Fsp3) is 0.500. The molecule has 0 spiro atoms. The third-order valence-corrected chi connectivity index (χ3v) is 7.31. The molecular weight excluding hydrogens is 426 g/mol. The van der Waals surface area contributed by atoms with Crippen LogP contribution in [-0.2, 0) is 19.7 Å². The first-order valence-electron chi connectivity index (χ1n) is 12.6. The summed E-state index contributed by atoms with van der Waals surface area (Å²) in [5.74, 6) is -0.0770. The average Bonchev–Trinajstić information content (AvgIpc) is 2.88. The van der Waals surface area contributed by atoms with Crippen molar-refractivity contribution in [3.63, 3.8) is 0 Å². The summed E-state index contributed by atoms with van der Waals surface area (Å²) in [7, 11) is 0. The van der Waals surface area contributed by atoms with Crippen molar-refractivity contribution in [1.29, 1.82) is 0 Å². The quantitative estimate of drug-likeness (QED) is 0.656. The summed E-state index contributed by atoms with van der Waals surface area (Å²) in [5, 5.41) is 2.98. The van der Waals surface area contributed by atoms with Gasteiger partial charge >= 0.3 is 0 Å². The number of carbonyl (C=O) groups excluding carboxylic acids is 2. The van der Waals surface area contributed by atoms with Gasteiger partial charge in [-0.1, -0.05) is 43.5 Å². The van der Waals surface area contributed by atoms with E-state index >= 15 is 0 Å². The zero-order valence-electron chi connectivity index (χ0n) is 20.5. The number of ether oxygens (including phenoxy) is 1. The Kier molecular flexibility index (Phi) is 7.88. The lowest BCUT2D eigenvalue weighted by atomic mass is 9.67. The first-order valence-corrected chi connectivity index (χ1v) is 12.6. The fourth-order valence-corrected chi connectivity index (χ4v) is 5.44. The maximum atomic E-state index is 13.9. The maximum Gasteiger partial charge on any atom is 0.243 e. The van der Waals surface area contributed by atoms with Crippen molar-refractivity contribution in [1.82, 2.24) is 4.90 Å². The number of hydrogen-bond donors (Lipinski definition) is 1. The SMILES string of the molecule is CCN(CC(=O)Nc1ccc(N2CCOCC2)cc1)C(=O)C1(c2ccccc2C)CCCCC1. The van der Waals surface area contributed by atoms with Crippen LogP contribution in [0, 0.1) is 6.92 Å². The molecule has 1 aliphatic carbocycles. The first-order chi connectivity index (χ1) is 16.5. The lowest BCUT2D eigenvalue weighted by molar-refractivity contribution is -0.141. The zero-order chi connectivity index (χ0) is 24.0. The molecule has 34 heavy (non-hydrogen) atoms. The zero-order valence-corrected chi connectivity index (χ0v) is 20.5. The predicted molar refractivity (Wildman–Crippen MR) is 136 cm³/mol. The number of nitrogens with one attached hydrogen (secondary N) is 1. The molecule has 2 aliphatic rings. The number of nitrogens with zero attached hydrogens (tertiary/aromatic N) is 2. The van der Waals surface area contributed by atoms with Crippen LogP contribution in [0.1, 0.15) is 50.2 Å². The summed E-state index contributed by atoms with van der Waals surface area (Å²) in [6.07, 6.45) is 4.93. The third-order valence-electron chi connectivity index (χ3n) is 7.31. The molecule has 0 atom stereocenters. The first kappa shape index (κ1) is 24.3. The van der Waals surface area contributed by atoms with Crippen LogP contribution >= 0.6 is 0 Å². The van der Waals surface area contributed by atoms with E-state index in [-0.39, 0.29) is 18.4 Å². The van der Waals surface area contributed by atoms with Crippen LogP contribution in [0.25, 0.3) is 0 Å². The Labute approximate surface area is 203 Å². The number of benzene rings is 2. The van der Waals surface area contributed by atoms with E-state index < -0.39 is 5.41 Å². The van der Waals surface area contributed by atoms with E-state index in [1.165, 1.54) is 0 Å². The lowest BCUT2D eigenvalue weighted by Gasteiger charge is -2.40. The summed E-state index contributed by atoms with van der Waals surface area (Å²) in [4.78, 5) is 30.9. The molecule has 1 heterocycles. The number of anilines is 2. The van der Waals surface area contributed by atoms with E-state index in [0.29, 0.717) is 6.54 Å². The summed E-state index contributed by atoms with van der Waals surface area (Å²) >= 11 is 0. The van der Waals surface area contributed by atoms with Crippen molar-refractivity contribution in [3.8, 4) is 0 Å². The minimum atomic E-state index is -0.528. The highest BCUT2D eigenvalue weighted by Crippen LogP contribution is 2.42. The van der Waals surface area contributed by atoms with Gasteiger partial charge in [0.05, 0.1) is 25.2 Å². The van der Waals surface area contributed by atoms with Gasteiger partial charge in [0, 0.05) is 31.0 Å². The van der Waals surface area contributed by atoms with Crippen molar-refractivity contribution in [2.45, 2.75) is 51.4 Å². The van der Waals surface area contributed by atoms with Gasteiger partial charge < -0.3 is 19.9 Å². The monoisotopic (exact) mass is 463 g/mol. The van der Waals surface area contributed by atoms with Gasteiger partial charge in [-0.3, -0.25) is 9.59 Å². The van der Waals surface area contributed by atoms with Gasteiger partial charge in [0.1, 0.15) is 0 Å². The third kappa shape index (κ3) is 5.27. The van der Waals surface area contributed by atoms with E-state index in [9.17, 15) is 9.59 Å². The molecule has 0 bridgehead atoms. The highest BCUT2D eigenvalue weighted by molar-refractivity contribution is 5.97. The molecule has 0 aromatic heterocycles. The number of morpholine rings is 1. The van der Waals surface area contributed by atoms with Crippen LogP contribution in [0.2, 0.25) is 0 Å². The molecule has 0 radical (unpaired) electrons. The number of aryl methyl sites for hydroxylation is 1. The van der Waals surface area contributed by atoms with E-state index in [1.807, 2.05) is 43.3 Å². The Morgan fingerprint density at radius 3 is 2.32 bits per heavy atom. The number of rotatable bonds is 7. The van der Waals surface area contributed by atoms with Crippen molar-refractivity contribution < 1.29 is 14.3 Å². The summed E-state index contributed by atoms with van der Waals surface area (Å²) in [6, 6.07) is 16.1. The molecule has 1 saturated heterocycles. The molecule has 6 nitrogen and oxygen atoms in total. The molecule has 182 valence electrons. The van der Waals surface area contributed by atoms with Gasteiger partial charge in [-0.2, -0.15) is 0 Å². The van der Waals surface area contributed by atoms with Crippen LogP contribution in [-0.4, -0.2) is 56.1 Å². The molecule has 2 aromatic rings. The van der Waals surface area contributed by atoms with E-state index in [1.54, 1.807) is 4.90 Å². The minimum Gasteiger partial charge on any atom is -0.378 e. The second-order valence-corrected chi connectivity index (χ2v) is 9.47. The summed E-state index contributed by atoms with van der Waals surface area (Å²) in [5.41, 5.74) is 3.62. The molecule has 2 amide bonds. The number of likely N-dealkylation sites (N-methyl/N-ethyl adjacent to an activating group) is 1. The van der Waals surface area contributed by atoms with Crippen molar-refractivity contribution in [3.05, 3.63) is 59.7 Å². The molecule has 2 aromatic carbocycles. The van der Waals surface area contributed by atoms with E-state index in [4.69, 9.17) is 4.74 Å². The van der Waals surface area contributed by atoms with Crippen LogP contribution < -0.4 is 10.2 Å². The number of carbonyl (C=O) groups is 2. The molecule has 6 heteroatoms. The molecule has 4 rings (SSSR count). The molecule has 1 N–H and O–H groups in total. The van der Waals surface area contributed by atoms with Crippen molar-refractivity contribution in [2.75, 3.05) is 49.6 Å².